The van der Waals surface area contributed by atoms with Gasteiger partial charge in [0.2, 0.25) is 0 Å². The second kappa shape index (κ2) is 5.82. The van der Waals surface area contributed by atoms with Gasteiger partial charge in [0.25, 0.3) is 0 Å². The lowest BCUT2D eigenvalue weighted by Crippen LogP contribution is -2.65. The summed E-state index contributed by atoms with van der Waals surface area (Å²) in [6, 6.07) is 0.551. The Morgan fingerprint density at radius 2 is 1.59 bits per heavy atom. The van der Waals surface area contributed by atoms with Gasteiger partial charge < -0.3 is 8.85 Å². The van der Waals surface area contributed by atoms with Crippen molar-refractivity contribution in [1.82, 2.24) is 4.98 Å². The zero-order chi connectivity index (χ0) is 13.1. The Bertz CT molecular complexity index is 236. The van der Waals surface area contributed by atoms with Crippen LogP contribution in [0.1, 0.15) is 53.4 Å². The summed E-state index contributed by atoms with van der Waals surface area (Å²) in [4.78, 5) is 3.75. The molecular formula is C13H29NO2Si. The van der Waals surface area contributed by atoms with E-state index in [9.17, 15) is 0 Å². The fourth-order valence-electron chi connectivity index (χ4n) is 2.80. The van der Waals surface area contributed by atoms with Gasteiger partial charge in [-0.2, -0.15) is 0 Å². The van der Waals surface area contributed by atoms with E-state index in [1.165, 1.54) is 25.7 Å². The van der Waals surface area contributed by atoms with E-state index >= 15 is 0 Å². The average molecular weight is 259 g/mol. The normalized spacial score (nSPS) is 27.2. The second-order valence-corrected chi connectivity index (χ2v) is 10.1. The van der Waals surface area contributed by atoms with Crippen LogP contribution in [0.2, 0.25) is 5.04 Å². The van der Waals surface area contributed by atoms with Gasteiger partial charge in [0.05, 0.1) is 0 Å². The number of nitrogens with one attached hydrogen (secondary N) is 1. The lowest BCUT2D eigenvalue weighted by molar-refractivity contribution is 0.176. The molecule has 102 valence electrons. The largest absolute Gasteiger partial charge is 0.430 e. The Labute approximate surface area is 108 Å². The number of hydrogen-bond acceptors (Lipinski definition) is 3. The smallest absolute Gasteiger partial charge is 0.386 e. The van der Waals surface area contributed by atoms with Crippen molar-refractivity contribution in [3.63, 3.8) is 0 Å². The summed E-state index contributed by atoms with van der Waals surface area (Å²) in [6.07, 6.45) is 5.26. The second-order valence-electron chi connectivity index (χ2n) is 6.29. The van der Waals surface area contributed by atoms with Gasteiger partial charge in [-0.25, -0.2) is 0 Å². The molecule has 1 N–H and O–H groups in total. The van der Waals surface area contributed by atoms with E-state index in [2.05, 4.69) is 32.7 Å². The Kier molecular flexibility index (Phi) is 5.19. The van der Waals surface area contributed by atoms with Gasteiger partial charge in [0, 0.05) is 25.3 Å². The molecule has 1 aliphatic rings. The summed E-state index contributed by atoms with van der Waals surface area (Å²) in [6.45, 7) is 8.94. The van der Waals surface area contributed by atoms with Gasteiger partial charge in [0.1, 0.15) is 0 Å². The molecule has 0 heterocycles. The molecule has 0 spiro atoms. The number of hydrogen-bond donors (Lipinski definition) is 1. The Morgan fingerprint density at radius 1 is 1.06 bits per heavy atom. The summed E-state index contributed by atoms with van der Waals surface area (Å²) in [7, 11) is 1.23. The molecule has 4 heteroatoms. The summed E-state index contributed by atoms with van der Waals surface area (Å²) >= 11 is 0. The van der Waals surface area contributed by atoms with Gasteiger partial charge in [-0.05, 0) is 18.8 Å². The summed E-state index contributed by atoms with van der Waals surface area (Å²) in [5.41, 5.74) is 0. The van der Waals surface area contributed by atoms with Crippen molar-refractivity contribution < 1.29 is 8.85 Å². The molecule has 17 heavy (non-hydrogen) atoms. The van der Waals surface area contributed by atoms with Crippen molar-refractivity contribution in [3.05, 3.63) is 0 Å². The highest BCUT2D eigenvalue weighted by Crippen LogP contribution is 2.37. The predicted octanol–water partition coefficient (Wildman–Crippen LogP) is 3.19. The Hall–Kier alpha value is 0.0969. The van der Waals surface area contributed by atoms with Crippen LogP contribution in [0.15, 0.2) is 0 Å². The first-order valence-corrected chi connectivity index (χ1v) is 8.56. The molecule has 0 aromatic heterocycles. The van der Waals surface area contributed by atoms with E-state index in [-0.39, 0.29) is 5.04 Å². The van der Waals surface area contributed by atoms with Crippen LogP contribution in [0.3, 0.4) is 0 Å². The van der Waals surface area contributed by atoms with E-state index < -0.39 is 8.72 Å². The van der Waals surface area contributed by atoms with E-state index in [1.807, 2.05) is 0 Å². The lowest BCUT2D eigenvalue weighted by atomic mass is 9.87. The molecule has 1 saturated carbocycles. The molecule has 0 radical (unpaired) electrons. The molecule has 1 aliphatic carbocycles. The van der Waals surface area contributed by atoms with Crippen molar-refractivity contribution in [3.8, 4) is 0 Å². The van der Waals surface area contributed by atoms with Gasteiger partial charge in [0.15, 0.2) is 0 Å². The quantitative estimate of drug-likeness (QED) is 0.787. The van der Waals surface area contributed by atoms with Crippen LogP contribution in [0, 0.1) is 5.92 Å². The molecule has 0 saturated heterocycles. The fourth-order valence-corrected chi connectivity index (χ4v) is 5.78. The monoisotopic (exact) mass is 259 g/mol. The molecule has 0 bridgehead atoms. The van der Waals surface area contributed by atoms with Gasteiger partial charge in [-0.15, -0.1) is 0 Å². The molecule has 2 unspecified atom stereocenters. The average Bonchev–Trinajstić information content (AvgIpc) is 2.26. The first kappa shape index (κ1) is 15.2. The van der Waals surface area contributed by atoms with Crippen LogP contribution in [-0.2, 0) is 8.85 Å². The van der Waals surface area contributed by atoms with Crippen LogP contribution >= 0.6 is 0 Å². The van der Waals surface area contributed by atoms with Crippen LogP contribution in [-0.4, -0.2) is 29.0 Å². The Balaban J connectivity index is 2.79. The van der Waals surface area contributed by atoms with Crippen molar-refractivity contribution >= 4 is 8.72 Å². The predicted molar refractivity (Wildman–Crippen MR) is 74.0 cm³/mol. The van der Waals surface area contributed by atoms with E-state index in [4.69, 9.17) is 8.85 Å². The van der Waals surface area contributed by atoms with Crippen LogP contribution in [0.25, 0.3) is 0 Å². The molecule has 1 rings (SSSR count). The van der Waals surface area contributed by atoms with Crippen LogP contribution in [0.5, 0.6) is 0 Å². The molecule has 0 aliphatic heterocycles. The van der Waals surface area contributed by atoms with Crippen molar-refractivity contribution in [1.29, 1.82) is 0 Å². The zero-order valence-corrected chi connectivity index (χ0v) is 13.3. The third-order valence-electron chi connectivity index (χ3n) is 4.05. The molecule has 0 amide bonds. The first-order valence-electron chi connectivity index (χ1n) is 6.74. The highest BCUT2D eigenvalue weighted by molar-refractivity contribution is 6.68. The van der Waals surface area contributed by atoms with Gasteiger partial charge in [-0.3, -0.25) is 4.98 Å². The molecule has 2 atom stereocenters. The van der Waals surface area contributed by atoms with E-state index in [1.54, 1.807) is 14.2 Å². The highest BCUT2D eigenvalue weighted by Gasteiger charge is 2.50. The third-order valence-corrected chi connectivity index (χ3v) is 7.92. The fraction of sp³-hybridized carbons (Fsp3) is 1.00. The lowest BCUT2D eigenvalue weighted by Gasteiger charge is -2.43. The maximum Gasteiger partial charge on any atom is 0.430 e. The summed E-state index contributed by atoms with van der Waals surface area (Å²) in [5.74, 6) is 0.725. The SMILES string of the molecule is CO[Si](NC1CCCCC1C)(OC)C(C)(C)C. The topological polar surface area (TPSA) is 30.5 Å². The standard InChI is InChI=1S/C13H29NO2Si/c1-11-9-7-8-10-12(11)14-17(15-5,16-6)13(2,3)4/h11-12,14H,7-10H2,1-6H3. The number of rotatable bonds is 4. The van der Waals surface area contributed by atoms with Crippen LogP contribution in [0.4, 0.5) is 0 Å². The maximum atomic E-state index is 5.81. The van der Waals surface area contributed by atoms with E-state index in [0.29, 0.717) is 6.04 Å². The molecule has 3 nitrogen and oxygen atoms in total. The molecular weight excluding hydrogens is 230 g/mol. The zero-order valence-electron chi connectivity index (χ0n) is 12.3. The van der Waals surface area contributed by atoms with E-state index in [0.717, 1.165) is 5.92 Å². The Morgan fingerprint density at radius 3 is 2.00 bits per heavy atom. The van der Waals surface area contributed by atoms with Crippen molar-refractivity contribution in [2.24, 2.45) is 5.92 Å². The van der Waals surface area contributed by atoms with Crippen LogP contribution < -0.4 is 4.98 Å². The third kappa shape index (κ3) is 3.31. The molecule has 1 fully saturated rings. The summed E-state index contributed by atoms with van der Waals surface area (Å²) < 4.78 is 11.6. The minimum atomic E-state index is -2.32. The van der Waals surface area contributed by atoms with Gasteiger partial charge in [-0.1, -0.05) is 40.5 Å². The summed E-state index contributed by atoms with van der Waals surface area (Å²) in [5, 5.41) is 0.0354. The maximum absolute atomic E-state index is 5.81. The minimum absolute atomic E-state index is 0.0354. The van der Waals surface area contributed by atoms with Crippen molar-refractivity contribution in [2.45, 2.75) is 64.5 Å². The minimum Gasteiger partial charge on any atom is -0.386 e. The molecule has 0 aromatic rings. The highest BCUT2D eigenvalue weighted by atomic mass is 28.4. The van der Waals surface area contributed by atoms with Crippen molar-refractivity contribution in [2.75, 3.05) is 14.2 Å². The first-order chi connectivity index (χ1) is 7.86. The molecule has 0 aromatic carbocycles. The van der Waals surface area contributed by atoms with Gasteiger partial charge >= 0.3 is 8.72 Å².